The van der Waals surface area contributed by atoms with Crippen molar-refractivity contribution in [1.82, 2.24) is 19.8 Å². The van der Waals surface area contributed by atoms with Crippen LogP contribution in [-0.4, -0.2) is 82.4 Å². The second-order valence-corrected chi connectivity index (χ2v) is 9.16. The summed E-state index contributed by atoms with van der Waals surface area (Å²) in [5, 5.41) is 9.70. The van der Waals surface area contributed by atoms with Gasteiger partial charge in [-0.25, -0.2) is 18.7 Å². The number of amides is 1. The van der Waals surface area contributed by atoms with Crippen LogP contribution in [0.1, 0.15) is 34.0 Å². The number of hydrogen-bond acceptors (Lipinski definition) is 7. The Kier molecular flexibility index (Phi) is 7.53. The molecule has 35 heavy (non-hydrogen) atoms. The standard InChI is InChI=1S/C24H28ClF2N5O3/c1-13-22(25)14(2)30-23(29-13)17-10-32(11-19(17)28)24(34)16-4-3-15(26)9-21(16)35-12-20-18(27)5-6-31(20)7-8-33/h3-4,9,18,20,33H,5-8,10-12,28H2,1-2H3. The van der Waals surface area contributed by atoms with E-state index in [0.29, 0.717) is 53.0 Å². The van der Waals surface area contributed by atoms with Crippen molar-refractivity contribution in [3.63, 3.8) is 0 Å². The Bertz CT molecular complexity index is 1140. The van der Waals surface area contributed by atoms with Crippen LogP contribution in [0.15, 0.2) is 23.9 Å². The molecule has 3 heterocycles. The molecule has 1 amide bonds. The van der Waals surface area contributed by atoms with Gasteiger partial charge in [-0.15, -0.1) is 0 Å². The Morgan fingerprint density at radius 1 is 1.29 bits per heavy atom. The monoisotopic (exact) mass is 507 g/mol. The lowest BCUT2D eigenvalue weighted by atomic mass is 10.1. The van der Waals surface area contributed by atoms with Gasteiger partial charge in [-0.1, -0.05) is 11.6 Å². The van der Waals surface area contributed by atoms with Gasteiger partial charge >= 0.3 is 0 Å². The highest BCUT2D eigenvalue weighted by atomic mass is 35.5. The molecule has 0 spiro atoms. The number of hydrogen-bond donors (Lipinski definition) is 2. The maximum absolute atomic E-state index is 14.4. The maximum atomic E-state index is 14.4. The lowest BCUT2D eigenvalue weighted by Gasteiger charge is -2.25. The quantitative estimate of drug-likeness (QED) is 0.593. The predicted octanol–water partition coefficient (Wildman–Crippen LogP) is 2.50. The van der Waals surface area contributed by atoms with Crippen LogP contribution in [0.4, 0.5) is 8.78 Å². The van der Waals surface area contributed by atoms with Crippen molar-refractivity contribution in [3.8, 4) is 5.75 Å². The molecule has 1 saturated heterocycles. The molecule has 11 heteroatoms. The Labute approximate surface area is 207 Å². The lowest BCUT2D eigenvalue weighted by molar-refractivity contribution is 0.0788. The molecule has 3 N–H and O–H groups in total. The normalized spacial score (nSPS) is 20.7. The minimum Gasteiger partial charge on any atom is -0.491 e. The summed E-state index contributed by atoms with van der Waals surface area (Å²) < 4.78 is 34.2. The van der Waals surface area contributed by atoms with Gasteiger partial charge in [-0.05, 0) is 32.4 Å². The number of benzene rings is 1. The molecule has 4 rings (SSSR count). The molecule has 0 radical (unpaired) electrons. The molecule has 2 aromatic rings. The zero-order chi connectivity index (χ0) is 25.3. The Balaban J connectivity index is 1.52. The van der Waals surface area contributed by atoms with E-state index in [9.17, 15) is 18.7 Å². The van der Waals surface area contributed by atoms with E-state index in [1.165, 1.54) is 17.0 Å². The third-order valence-corrected chi connectivity index (χ3v) is 6.93. The summed E-state index contributed by atoms with van der Waals surface area (Å²) in [6.07, 6.45) is -0.804. The maximum Gasteiger partial charge on any atom is 0.258 e. The van der Waals surface area contributed by atoms with E-state index in [-0.39, 0.29) is 37.6 Å². The molecule has 8 nitrogen and oxygen atoms in total. The first kappa shape index (κ1) is 25.3. The van der Waals surface area contributed by atoms with E-state index in [1.54, 1.807) is 18.7 Å². The Morgan fingerprint density at radius 3 is 2.69 bits per heavy atom. The molecule has 0 aliphatic carbocycles. The van der Waals surface area contributed by atoms with E-state index >= 15 is 0 Å². The minimum absolute atomic E-state index is 0.0273. The first-order valence-corrected chi connectivity index (χ1v) is 11.8. The third-order valence-electron chi connectivity index (χ3n) is 6.39. The lowest BCUT2D eigenvalue weighted by Crippen LogP contribution is -2.40. The van der Waals surface area contributed by atoms with Gasteiger partial charge in [0.1, 0.15) is 24.3 Å². The number of ether oxygens (including phenoxy) is 1. The van der Waals surface area contributed by atoms with Crippen LogP contribution in [-0.2, 0) is 0 Å². The molecule has 2 aliphatic rings. The molecule has 1 fully saturated rings. The first-order chi connectivity index (χ1) is 16.7. The highest BCUT2D eigenvalue weighted by Crippen LogP contribution is 2.29. The highest BCUT2D eigenvalue weighted by molar-refractivity contribution is 6.31. The summed E-state index contributed by atoms with van der Waals surface area (Å²) in [5.41, 5.74) is 8.68. The number of halogens is 3. The van der Waals surface area contributed by atoms with Crippen molar-refractivity contribution < 1.29 is 23.4 Å². The van der Waals surface area contributed by atoms with Crippen LogP contribution in [0.5, 0.6) is 5.75 Å². The molecule has 1 aromatic carbocycles. The molecule has 2 unspecified atom stereocenters. The fourth-order valence-electron chi connectivity index (χ4n) is 4.47. The number of aliphatic hydroxyl groups excluding tert-OH is 1. The van der Waals surface area contributed by atoms with Crippen LogP contribution in [0.2, 0.25) is 5.02 Å². The zero-order valence-corrected chi connectivity index (χ0v) is 20.4. The number of carbonyl (C=O) groups excluding carboxylic acids is 1. The van der Waals surface area contributed by atoms with E-state index < -0.39 is 23.9 Å². The number of aryl methyl sites for hydroxylation is 2. The summed E-state index contributed by atoms with van der Waals surface area (Å²) >= 11 is 6.17. The van der Waals surface area contributed by atoms with E-state index in [1.807, 2.05) is 0 Å². The fraction of sp³-hybridized carbons (Fsp3) is 0.458. The molecule has 2 aliphatic heterocycles. The molecule has 2 atom stereocenters. The number of alkyl halides is 1. The van der Waals surface area contributed by atoms with Gasteiger partial charge in [0.05, 0.1) is 47.7 Å². The van der Waals surface area contributed by atoms with Crippen LogP contribution in [0.25, 0.3) is 5.57 Å². The fourth-order valence-corrected chi connectivity index (χ4v) is 4.56. The first-order valence-electron chi connectivity index (χ1n) is 11.4. The third kappa shape index (κ3) is 5.24. The van der Waals surface area contributed by atoms with Gasteiger partial charge in [0.25, 0.3) is 5.91 Å². The van der Waals surface area contributed by atoms with Crippen molar-refractivity contribution in [2.75, 3.05) is 39.4 Å². The van der Waals surface area contributed by atoms with Gasteiger partial charge in [0.15, 0.2) is 5.82 Å². The number of nitrogens with zero attached hydrogens (tertiary/aromatic N) is 4. The predicted molar refractivity (Wildman–Crippen MR) is 127 cm³/mol. The zero-order valence-electron chi connectivity index (χ0n) is 19.6. The summed E-state index contributed by atoms with van der Waals surface area (Å²) in [4.78, 5) is 25.5. The van der Waals surface area contributed by atoms with Crippen molar-refractivity contribution in [1.29, 1.82) is 0 Å². The molecular formula is C24H28ClF2N5O3. The Morgan fingerprint density at radius 2 is 2.00 bits per heavy atom. The number of carbonyl (C=O) groups is 1. The largest absolute Gasteiger partial charge is 0.491 e. The van der Waals surface area contributed by atoms with E-state index in [0.717, 1.165) is 6.07 Å². The topological polar surface area (TPSA) is 105 Å². The second-order valence-electron chi connectivity index (χ2n) is 8.78. The second kappa shape index (κ2) is 10.4. The highest BCUT2D eigenvalue weighted by Gasteiger charge is 2.35. The number of β-amino-alcohol motifs (C(OH)–C–C–N with tert-alkyl or cyclic N) is 1. The summed E-state index contributed by atoms with van der Waals surface area (Å²) in [7, 11) is 0. The SMILES string of the molecule is Cc1nc(C2=C(N)CN(C(=O)c3ccc(F)cc3OCC3C(F)CCN3CCO)C2)nc(C)c1Cl. The molecular weight excluding hydrogens is 480 g/mol. The summed E-state index contributed by atoms with van der Waals surface area (Å²) in [6.45, 7) is 4.49. The Hall–Kier alpha value is -2.82. The number of nitrogens with two attached hydrogens (primary N) is 1. The molecule has 0 bridgehead atoms. The van der Waals surface area contributed by atoms with E-state index in [4.69, 9.17) is 22.1 Å². The van der Waals surface area contributed by atoms with Crippen molar-refractivity contribution in [2.45, 2.75) is 32.5 Å². The van der Waals surface area contributed by atoms with Crippen LogP contribution in [0.3, 0.4) is 0 Å². The average molecular weight is 508 g/mol. The van der Waals surface area contributed by atoms with Gasteiger partial charge in [-0.3, -0.25) is 9.69 Å². The number of aliphatic hydroxyl groups is 1. The average Bonchev–Trinajstić information content (AvgIpc) is 3.38. The van der Waals surface area contributed by atoms with Crippen LogP contribution >= 0.6 is 11.6 Å². The minimum atomic E-state index is -1.13. The number of aromatic nitrogens is 2. The molecule has 1 aromatic heterocycles. The van der Waals surface area contributed by atoms with Crippen LogP contribution in [0, 0.1) is 19.7 Å². The number of likely N-dealkylation sites (tertiary alicyclic amines) is 1. The van der Waals surface area contributed by atoms with Gasteiger partial charge < -0.3 is 20.5 Å². The van der Waals surface area contributed by atoms with E-state index in [2.05, 4.69) is 9.97 Å². The summed E-state index contributed by atoms with van der Waals surface area (Å²) in [6, 6.07) is 3.06. The molecule has 188 valence electrons. The van der Waals surface area contributed by atoms with Gasteiger partial charge in [0.2, 0.25) is 0 Å². The number of rotatable bonds is 7. The van der Waals surface area contributed by atoms with Crippen molar-refractivity contribution >= 4 is 23.1 Å². The van der Waals surface area contributed by atoms with Gasteiger partial charge in [0, 0.05) is 30.4 Å². The summed E-state index contributed by atoms with van der Waals surface area (Å²) in [5.74, 6) is -0.547. The van der Waals surface area contributed by atoms with Gasteiger partial charge in [-0.2, -0.15) is 0 Å². The molecule has 0 saturated carbocycles. The van der Waals surface area contributed by atoms with Crippen molar-refractivity contribution in [2.24, 2.45) is 5.73 Å². The van der Waals surface area contributed by atoms with Crippen LogP contribution < -0.4 is 10.5 Å². The smallest absolute Gasteiger partial charge is 0.258 e. The van der Waals surface area contributed by atoms with Crippen molar-refractivity contribution in [3.05, 3.63) is 57.5 Å².